The van der Waals surface area contributed by atoms with Gasteiger partial charge < -0.3 is 20.5 Å². The van der Waals surface area contributed by atoms with Gasteiger partial charge in [-0.25, -0.2) is 4.98 Å². The van der Waals surface area contributed by atoms with Crippen molar-refractivity contribution in [2.75, 3.05) is 20.2 Å². The zero-order valence-electron chi connectivity index (χ0n) is 14.0. The van der Waals surface area contributed by atoms with Crippen molar-refractivity contribution in [1.29, 1.82) is 0 Å². The van der Waals surface area contributed by atoms with Crippen LogP contribution in [0.25, 0.3) is 0 Å². The summed E-state index contributed by atoms with van der Waals surface area (Å²) in [6.07, 6.45) is 2.42. The molecule has 7 nitrogen and oxygen atoms in total. The summed E-state index contributed by atoms with van der Waals surface area (Å²) >= 11 is 0. The van der Waals surface area contributed by atoms with E-state index in [4.69, 9.17) is 4.74 Å². The van der Waals surface area contributed by atoms with Crippen LogP contribution >= 0.6 is 0 Å². The number of benzene rings is 1. The van der Waals surface area contributed by atoms with Crippen LogP contribution in [0.1, 0.15) is 22.5 Å². The quantitative estimate of drug-likeness (QED) is 0.627. The summed E-state index contributed by atoms with van der Waals surface area (Å²) in [5.41, 5.74) is 1.02. The van der Waals surface area contributed by atoms with Crippen molar-refractivity contribution < 1.29 is 19.4 Å². The summed E-state index contributed by atoms with van der Waals surface area (Å²) in [5.74, 6) is 0.0303. The summed E-state index contributed by atoms with van der Waals surface area (Å²) in [6, 6.07) is 10.5. The molecule has 0 aliphatic rings. The Kier molecular flexibility index (Phi) is 6.76. The molecule has 7 heteroatoms. The zero-order chi connectivity index (χ0) is 18.1. The summed E-state index contributed by atoms with van der Waals surface area (Å²) in [7, 11) is 1.61. The summed E-state index contributed by atoms with van der Waals surface area (Å²) in [6.45, 7) is 0.559. The summed E-state index contributed by atoms with van der Waals surface area (Å²) in [5, 5.41) is 14.9. The Balaban J connectivity index is 1.65. The second-order valence-electron chi connectivity index (χ2n) is 5.33. The number of carbonyl (C=O) groups excluding carboxylic acids is 2. The fourth-order valence-electron chi connectivity index (χ4n) is 2.17. The molecular weight excluding hydrogens is 322 g/mol. The molecule has 0 aliphatic carbocycles. The number of methoxy groups -OCH3 is 1. The number of pyridine rings is 1. The molecule has 0 aliphatic heterocycles. The van der Waals surface area contributed by atoms with Crippen molar-refractivity contribution in [2.45, 2.75) is 12.8 Å². The van der Waals surface area contributed by atoms with E-state index in [0.29, 0.717) is 19.4 Å². The van der Waals surface area contributed by atoms with E-state index in [-0.39, 0.29) is 23.9 Å². The number of aromatic nitrogens is 1. The van der Waals surface area contributed by atoms with E-state index in [0.717, 1.165) is 11.3 Å². The maximum atomic E-state index is 11.8. The van der Waals surface area contributed by atoms with Gasteiger partial charge in [0.1, 0.15) is 11.5 Å². The highest BCUT2D eigenvalue weighted by Crippen LogP contribution is 2.13. The number of ether oxygens (including phenoxy) is 1. The largest absolute Gasteiger partial charge is 0.505 e. The van der Waals surface area contributed by atoms with Crippen LogP contribution in [0.5, 0.6) is 11.5 Å². The van der Waals surface area contributed by atoms with Gasteiger partial charge in [-0.05, 0) is 36.2 Å². The van der Waals surface area contributed by atoms with Crippen molar-refractivity contribution in [3.05, 3.63) is 53.9 Å². The number of hydrogen-bond acceptors (Lipinski definition) is 5. The minimum Gasteiger partial charge on any atom is -0.505 e. The van der Waals surface area contributed by atoms with E-state index in [1.807, 2.05) is 24.3 Å². The minimum absolute atomic E-state index is 0.0340. The number of hydrogen-bond donors (Lipinski definition) is 3. The molecule has 2 rings (SSSR count). The molecule has 1 heterocycles. The topological polar surface area (TPSA) is 101 Å². The number of amides is 2. The van der Waals surface area contributed by atoms with Crippen molar-refractivity contribution in [3.8, 4) is 11.5 Å². The molecule has 2 aromatic rings. The monoisotopic (exact) mass is 343 g/mol. The summed E-state index contributed by atoms with van der Waals surface area (Å²) < 4.78 is 5.08. The number of carbonyl (C=O) groups is 2. The summed E-state index contributed by atoms with van der Waals surface area (Å²) in [4.78, 5) is 27.4. The highest BCUT2D eigenvalue weighted by Gasteiger charge is 2.11. The lowest BCUT2D eigenvalue weighted by molar-refractivity contribution is -0.121. The van der Waals surface area contributed by atoms with Crippen LogP contribution in [-0.4, -0.2) is 42.1 Å². The molecule has 0 saturated heterocycles. The van der Waals surface area contributed by atoms with Gasteiger partial charge in [-0.3, -0.25) is 9.59 Å². The lowest BCUT2D eigenvalue weighted by Crippen LogP contribution is -2.35. The van der Waals surface area contributed by atoms with Crippen LogP contribution in [0.3, 0.4) is 0 Å². The second kappa shape index (κ2) is 9.27. The Hall–Kier alpha value is -3.09. The van der Waals surface area contributed by atoms with Gasteiger partial charge in [-0.1, -0.05) is 12.1 Å². The Morgan fingerprint density at radius 1 is 1.12 bits per heavy atom. The maximum Gasteiger partial charge on any atom is 0.273 e. The van der Waals surface area contributed by atoms with Crippen LogP contribution in [0.15, 0.2) is 42.6 Å². The maximum absolute atomic E-state index is 11.8. The normalized spacial score (nSPS) is 10.1. The van der Waals surface area contributed by atoms with E-state index >= 15 is 0 Å². The number of rotatable bonds is 8. The first kappa shape index (κ1) is 18.3. The van der Waals surface area contributed by atoms with Gasteiger partial charge in [0.2, 0.25) is 5.91 Å². The van der Waals surface area contributed by atoms with Gasteiger partial charge in [0.15, 0.2) is 5.69 Å². The van der Waals surface area contributed by atoms with Crippen LogP contribution in [-0.2, 0) is 11.2 Å². The van der Waals surface area contributed by atoms with Crippen molar-refractivity contribution in [3.63, 3.8) is 0 Å². The fourth-order valence-corrected chi connectivity index (χ4v) is 2.17. The molecule has 0 radical (unpaired) electrons. The molecule has 132 valence electrons. The molecule has 1 aromatic heterocycles. The molecule has 3 N–H and O–H groups in total. The number of nitrogens with zero attached hydrogens (tertiary/aromatic N) is 1. The predicted octanol–water partition coefficient (Wildman–Crippen LogP) is 1.27. The first-order valence-electron chi connectivity index (χ1n) is 7.92. The molecule has 0 spiro atoms. The second-order valence-corrected chi connectivity index (χ2v) is 5.33. The fraction of sp³-hybridized carbons (Fsp3) is 0.278. The molecule has 25 heavy (non-hydrogen) atoms. The molecule has 0 unspecified atom stereocenters. The number of aromatic hydroxyl groups is 1. The van der Waals surface area contributed by atoms with E-state index < -0.39 is 5.91 Å². The van der Waals surface area contributed by atoms with Crippen LogP contribution in [0, 0.1) is 0 Å². The van der Waals surface area contributed by atoms with Gasteiger partial charge in [0.05, 0.1) is 7.11 Å². The highest BCUT2D eigenvalue weighted by molar-refractivity contribution is 5.94. The smallest absolute Gasteiger partial charge is 0.273 e. The van der Waals surface area contributed by atoms with E-state index in [9.17, 15) is 14.7 Å². The molecule has 1 aromatic carbocycles. The Morgan fingerprint density at radius 3 is 2.52 bits per heavy atom. The van der Waals surface area contributed by atoms with Gasteiger partial charge >= 0.3 is 0 Å². The van der Waals surface area contributed by atoms with E-state index in [2.05, 4.69) is 15.6 Å². The average molecular weight is 343 g/mol. The molecule has 0 saturated carbocycles. The van der Waals surface area contributed by atoms with Crippen molar-refractivity contribution in [2.24, 2.45) is 0 Å². The standard InChI is InChI=1S/C18H21N3O4/c1-25-14-7-4-13(5-8-14)6-9-16(23)19-11-12-21-18(24)17-15(22)3-2-10-20-17/h2-5,7-8,10,22H,6,9,11-12H2,1H3,(H,19,23)(H,21,24). The van der Waals surface area contributed by atoms with Gasteiger partial charge in [-0.15, -0.1) is 0 Å². The first-order valence-corrected chi connectivity index (χ1v) is 7.92. The van der Waals surface area contributed by atoms with E-state index in [1.165, 1.54) is 18.3 Å². The lowest BCUT2D eigenvalue weighted by atomic mass is 10.1. The number of nitrogens with one attached hydrogen (secondary N) is 2. The number of aryl methyl sites for hydroxylation is 1. The molecule has 0 fully saturated rings. The third-order valence-electron chi connectivity index (χ3n) is 3.53. The van der Waals surface area contributed by atoms with Crippen LogP contribution in [0.4, 0.5) is 0 Å². The average Bonchev–Trinajstić information content (AvgIpc) is 2.64. The van der Waals surface area contributed by atoms with Gasteiger partial charge in [-0.2, -0.15) is 0 Å². The predicted molar refractivity (Wildman–Crippen MR) is 92.6 cm³/mol. The Morgan fingerprint density at radius 2 is 1.84 bits per heavy atom. The van der Waals surface area contributed by atoms with Gasteiger partial charge in [0.25, 0.3) is 5.91 Å². The lowest BCUT2D eigenvalue weighted by Gasteiger charge is -2.08. The van der Waals surface area contributed by atoms with Crippen molar-refractivity contribution >= 4 is 11.8 Å². The van der Waals surface area contributed by atoms with Crippen LogP contribution < -0.4 is 15.4 Å². The molecule has 2 amide bonds. The minimum atomic E-state index is -0.481. The first-order chi connectivity index (χ1) is 12.1. The zero-order valence-corrected chi connectivity index (χ0v) is 14.0. The Bertz CT molecular complexity index is 717. The third-order valence-corrected chi connectivity index (χ3v) is 3.53. The third kappa shape index (κ3) is 5.80. The van der Waals surface area contributed by atoms with Gasteiger partial charge in [0, 0.05) is 25.7 Å². The van der Waals surface area contributed by atoms with E-state index in [1.54, 1.807) is 7.11 Å². The van der Waals surface area contributed by atoms with Crippen LogP contribution in [0.2, 0.25) is 0 Å². The van der Waals surface area contributed by atoms with Crippen molar-refractivity contribution in [1.82, 2.24) is 15.6 Å². The molecule has 0 bridgehead atoms. The SMILES string of the molecule is COc1ccc(CCC(=O)NCCNC(=O)c2ncccc2O)cc1. The molecule has 0 atom stereocenters. The Labute approximate surface area is 146 Å². The highest BCUT2D eigenvalue weighted by atomic mass is 16.5. The molecular formula is C18H21N3O4.